The van der Waals surface area contributed by atoms with Crippen LogP contribution in [-0.2, 0) is 16.0 Å². The molecule has 7 heteroatoms. The lowest BCUT2D eigenvalue weighted by Gasteiger charge is -2.05. The Morgan fingerprint density at radius 2 is 1.79 bits per heavy atom. The fraction of sp³-hybridized carbons (Fsp3) is 0.143. The quantitative estimate of drug-likeness (QED) is 0.667. The molecule has 0 amide bonds. The summed E-state index contributed by atoms with van der Waals surface area (Å²) in [6.45, 7) is 0. The molecule has 0 aliphatic rings. The monoisotopic (exact) mass is 274 g/mol. The van der Waals surface area contributed by atoms with Gasteiger partial charge in [-0.25, -0.2) is 0 Å². The van der Waals surface area contributed by atoms with E-state index in [1.807, 2.05) is 0 Å². The average molecular weight is 276 g/mol. The fourth-order valence-electron chi connectivity index (χ4n) is 0.874. The third kappa shape index (κ3) is 2.32. The van der Waals surface area contributed by atoms with Gasteiger partial charge in [0, 0.05) is 5.88 Å². The van der Waals surface area contributed by atoms with Gasteiger partial charge in [-0.3, -0.25) is 4.55 Å². The summed E-state index contributed by atoms with van der Waals surface area (Å²) in [7, 11) is -4.34. The minimum Gasteiger partial charge on any atom is -0.282 e. The third-order valence-electron chi connectivity index (χ3n) is 1.55. The average Bonchev–Trinajstić information content (AvgIpc) is 2.07. The van der Waals surface area contributed by atoms with Crippen LogP contribution < -0.4 is 0 Å². The Balaban J connectivity index is 3.47. The van der Waals surface area contributed by atoms with E-state index in [2.05, 4.69) is 0 Å². The number of halogens is 3. The zero-order valence-electron chi connectivity index (χ0n) is 6.67. The molecule has 1 aromatic rings. The summed E-state index contributed by atoms with van der Waals surface area (Å²) < 4.78 is 30.3. The molecule has 0 saturated carbocycles. The fourth-order valence-corrected chi connectivity index (χ4v) is 2.50. The van der Waals surface area contributed by atoms with Crippen LogP contribution in [0.3, 0.4) is 0 Å². The van der Waals surface area contributed by atoms with Crippen LogP contribution in [0.4, 0.5) is 0 Å². The summed E-state index contributed by atoms with van der Waals surface area (Å²) >= 11 is 16.9. The Labute approximate surface area is 96.3 Å². The van der Waals surface area contributed by atoms with E-state index in [0.29, 0.717) is 5.56 Å². The third-order valence-corrected chi connectivity index (χ3v) is 3.77. The van der Waals surface area contributed by atoms with Crippen molar-refractivity contribution in [1.29, 1.82) is 0 Å². The zero-order valence-corrected chi connectivity index (χ0v) is 9.75. The normalized spacial score (nSPS) is 11.7. The molecule has 0 saturated heterocycles. The van der Waals surface area contributed by atoms with E-state index in [4.69, 9.17) is 39.4 Å². The van der Waals surface area contributed by atoms with E-state index < -0.39 is 15.0 Å². The molecule has 14 heavy (non-hydrogen) atoms. The number of hydrogen-bond donors (Lipinski definition) is 1. The Morgan fingerprint density at radius 1 is 1.21 bits per heavy atom. The Bertz CT molecular complexity index is 455. The number of alkyl halides is 1. The molecule has 0 aliphatic carbocycles. The standard InChI is InChI=1S/C7H5Cl3O3S/c8-3-4-1-2-5(14(11,12)13)7(10)6(4)9/h1-2H,3H2,(H,11,12,13). The van der Waals surface area contributed by atoms with E-state index >= 15 is 0 Å². The van der Waals surface area contributed by atoms with Crippen LogP contribution in [0, 0.1) is 0 Å². The number of rotatable bonds is 2. The Morgan fingerprint density at radius 3 is 2.21 bits per heavy atom. The Kier molecular flexibility index (Phi) is 3.66. The van der Waals surface area contributed by atoms with Crippen LogP contribution in [0.15, 0.2) is 17.0 Å². The minimum atomic E-state index is -4.34. The highest BCUT2D eigenvalue weighted by atomic mass is 35.5. The summed E-state index contributed by atoms with van der Waals surface area (Å²) in [5.74, 6) is 0.115. The largest absolute Gasteiger partial charge is 0.296 e. The first-order valence-corrected chi connectivity index (χ1v) is 6.11. The van der Waals surface area contributed by atoms with Crippen molar-refractivity contribution in [2.24, 2.45) is 0 Å². The van der Waals surface area contributed by atoms with Crippen LogP contribution in [0.1, 0.15) is 5.56 Å². The van der Waals surface area contributed by atoms with Gasteiger partial charge in [0.1, 0.15) is 4.90 Å². The topological polar surface area (TPSA) is 54.4 Å². The van der Waals surface area contributed by atoms with Gasteiger partial charge in [0.15, 0.2) is 0 Å². The van der Waals surface area contributed by atoms with Crippen LogP contribution >= 0.6 is 34.8 Å². The molecular weight excluding hydrogens is 270 g/mol. The molecule has 0 unspecified atom stereocenters. The van der Waals surface area contributed by atoms with Gasteiger partial charge in [-0.15, -0.1) is 11.6 Å². The van der Waals surface area contributed by atoms with E-state index in [0.717, 1.165) is 6.07 Å². The molecule has 0 fully saturated rings. The lowest BCUT2D eigenvalue weighted by atomic mass is 10.2. The van der Waals surface area contributed by atoms with Gasteiger partial charge in [-0.1, -0.05) is 29.3 Å². The molecule has 0 heterocycles. The second kappa shape index (κ2) is 4.24. The molecular formula is C7H5Cl3O3S. The summed E-state index contributed by atoms with van der Waals surface area (Å²) in [4.78, 5) is -0.418. The van der Waals surface area contributed by atoms with Gasteiger partial charge in [0.05, 0.1) is 10.0 Å². The van der Waals surface area contributed by atoms with Crippen molar-refractivity contribution in [1.82, 2.24) is 0 Å². The second-order valence-electron chi connectivity index (χ2n) is 2.46. The van der Waals surface area contributed by atoms with Gasteiger partial charge in [-0.05, 0) is 11.6 Å². The van der Waals surface area contributed by atoms with Crippen molar-refractivity contribution < 1.29 is 13.0 Å². The van der Waals surface area contributed by atoms with Crippen molar-refractivity contribution in [3.05, 3.63) is 27.7 Å². The molecule has 1 aromatic carbocycles. The van der Waals surface area contributed by atoms with Crippen molar-refractivity contribution >= 4 is 44.9 Å². The second-order valence-corrected chi connectivity index (χ2v) is 4.87. The van der Waals surface area contributed by atoms with Gasteiger partial charge in [0.2, 0.25) is 0 Å². The van der Waals surface area contributed by atoms with E-state index in [9.17, 15) is 8.42 Å². The highest BCUT2D eigenvalue weighted by Gasteiger charge is 2.18. The van der Waals surface area contributed by atoms with Gasteiger partial charge in [-0.2, -0.15) is 8.42 Å². The van der Waals surface area contributed by atoms with Crippen LogP contribution in [0.5, 0.6) is 0 Å². The lowest BCUT2D eigenvalue weighted by molar-refractivity contribution is 0.483. The summed E-state index contributed by atoms with van der Waals surface area (Å²) in [6.07, 6.45) is 0. The predicted molar refractivity (Wildman–Crippen MR) is 55.8 cm³/mol. The zero-order chi connectivity index (χ0) is 10.9. The molecule has 0 spiro atoms. The van der Waals surface area contributed by atoms with Crippen LogP contribution in [0.2, 0.25) is 10.0 Å². The first-order valence-electron chi connectivity index (χ1n) is 3.38. The molecule has 78 valence electrons. The summed E-state index contributed by atoms with van der Waals surface area (Å²) in [6, 6.07) is 2.55. The van der Waals surface area contributed by atoms with Gasteiger partial charge >= 0.3 is 0 Å². The van der Waals surface area contributed by atoms with Crippen LogP contribution in [-0.4, -0.2) is 13.0 Å². The number of benzene rings is 1. The van der Waals surface area contributed by atoms with Crippen molar-refractivity contribution in [3.63, 3.8) is 0 Å². The highest BCUT2D eigenvalue weighted by Crippen LogP contribution is 2.32. The maximum Gasteiger partial charge on any atom is 0.296 e. The predicted octanol–water partition coefficient (Wildman–Crippen LogP) is 2.98. The molecule has 1 N–H and O–H groups in total. The summed E-state index contributed by atoms with van der Waals surface area (Å²) in [5, 5.41) is -0.177. The minimum absolute atomic E-state index is 0.0387. The van der Waals surface area contributed by atoms with E-state index in [-0.39, 0.29) is 15.9 Å². The summed E-state index contributed by atoms with van der Waals surface area (Å²) in [5.41, 5.74) is 0.505. The molecule has 0 atom stereocenters. The maximum atomic E-state index is 10.8. The molecule has 3 nitrogen and oxygen atoms in total. The first kappa shape index (κ1) is 12.1. The molecule has 0 aliphatic heterocycles. The highest BCUT2D eigenvalue weighted by molar-refractivity contribution is 7.86. The Hall–Kier alpha value is -0.000000000000000167. The van der Waals surface area contributed by atoms with Gasteiger partial charge < -0.3 is 0 Å². The van der Waals surface area contributed by atoms with Crippen molar-refractivity contribution in [2.45, 2.75) is 10.8 Å². The molecule has 0 radical (unpaired) electrons. The first-order chi connectivity index (χ1) is 6.38. The SMILES string of the molecule is O=S(=O)(O)c1ccc(CCl)c(Cl)c1Cl. The van der Waals surface area contributed by atoms with Crippen molar-refractivity contribution in [3.8, 4) is 0 Å². The van der Waals surface area contributed by atoms with Crippen molar-refractivity contribution in [2.75, 3.05) is 0 Å². The van der Waals surface area contributed by atoms with E-state index in [1.165, 1.54) is 6.07 Å². The molecule has 0 aromatic heterocycles. The maximum absolute atomic E-state index is 10.8. The lowest BCUT2D eigenvalue weighted by Crippen LogP contribution is -2.00. The van der Waals surface area contributed by atoms with E-state index in [1.54, 1.807) is 0 Å². The van der Waals surface area contributed by atoms with Crippen LogP contribution in [0.25, 0.3) is 0 Å². The smallest absolute Gasteiger partial charge is 0.282 e. The molecule has 1 rings (SSSR count). The number of hydrogen-bond acceptors (Lipinski definition) is 2. The molecule has 0 bridgehead atoms. The van der Waals surface area contributed by atoms with Gasteiger partial charge in [0.25, 0.3) is 10.1 Å².